The Labute approximate surface area is 152 Å². The van der Waals surface area contributed by atoms with Crippen LogP contribution in [0.3, 0.4) is 0 Å². The van der Waals surface area contributed by atoms with Gasteiger partial charge in [-0.1, -0.05) is 6.92 Å². The predicted molar refractivity (Wildman–Crippen MR) is 96.4 cm³/mol. The van der Waals surface area contributed by atoms with Crippen molar-refractivity contribution in [2.45, 2.75) is 44.9 Å². The van der Waals surface area contributed by atoms with E-state index in [-0.39, 0.29) is 17.6 Å². The number of nitrogens with one attached hydrogen (secondary N) is 1. The molecule has 2 heterocycles. The SMILES string of the molecule is CC[C@H](C)NC(=O)c1ccc(N2CCC3(CC2)OCCO3)c([N+](=O)[O-])c1. The number of carbonyl (C=O) groups is 1. The fourth-order valence-electron chi connectivity index (χ4n) is 3.36. The van der Waals surface area contributed by atoms with E-state index in [2.05, 4.69) is 5.32 Å². The Kier molecular flexibility index (Phi) is 5.43. The second-order valence-corrected chi connectivity index (χ2v) is 6.84. The van der Waals surface area contributed by atoms with Crippen LogP contribution in [0.25, 0.3) is 0 Å². The zero-order chi connectivity index (χ0) is 18.7. The van der Waals surface area contributed by atoms with E-state index in [4.69, 9.17) is 9.47 Å². The summed E-state index contributed by atoms with van der Waals surface area (Å²) in [4.78, 5) is 25.4. The van der Waals surface area contributed by atoms with Crippen molar-refractivity contribution in [3.63, 3.8) is 0 Å². The fraction of sp³-hybridized carbons (Fsp3) is 0.611. The molecule has 8 nitrogen and oxygen atoms in total. The van der Waals surface area contributed by atoms with Crippen LogP contribution in [0.5, 0.6) is 0 Å². The second kappa shape index (κ2) is 7.59. The van der Waals surface area contributed by atoms with Gasteiger partial charge in [-0.15, -0.1) is 0 Å². The zero-order valence-corrected chi connectivity index (χ0v) is 15.2. The molecule has 2 saturated heterocycles. The molecule has 0 unspecified atom stereocenters. The summed E-state index contributed by atoms with van der Waals surface area (Å²) in [7, 11) is 0. The molecule has 1 atom stereocenters. The van der Waals surface area contributed by atoms with Gasteiger partial charge in [0.1, 0.15) is 5.69 Å². The van der Waals surface area contributed by atoms with Crippen LogP contribution in [0.1, 0.15) is 43.5 Å². The van der Waals surface area contributed by atoms with Crippen LogP contribution in [0.15, 0.2) is 18.2 Å². The Morgan fingerprint density at radius 1 is 1.35 bits per heavy atom. The van der Waals surface area contributed by atoms with E-state index < -0.39 is 10.7 Å². The maximum atomic E-state index is 12.3. The van der Waals surface area contributed by atoms with Crippen LogP contribution >= 0.6 is 0 Å². The van der Waals surface area contributed by atoms with E-state index in [9.17, 15) is 14.9 Å². The van der Waals surface area contributed by atoms with E-state index in [1.54, 1.807) is 12.1 Å². The van der Waals surface area contributed by atoms with Gasteiger partial charge in [0.15, 0.2) is 5.79 Å². The van der Waals surface area contributed by atoms with Crippen molar-refractivity contribution in [1.82, 2.24) is 5.32 Å². The monoisotopic (exact) mass is 363 g/mol. The molecule has 0 saturated carbocycles. The summed E-state index contributed by atoms with van der Waals surface area (Å²) in [5.74, 6) is -0.819. The van der Waals surface area contributed by atoms with E-state index in [1.807, 2.05) is 18.7 Å². The van der Waals surface area contributed by atoms with Gasteiger partial charge in [-0.2, -0.15) is 0 Å². The van der Waals surface area contributed by atoms with Crippen LogP contribution in [0, 0.1) is 10.1 Å². The van der Waals surface area contributed by atoms with Crippen molar-refractivity contribution in [3.8, 4) is 0 Å². The highest BCUT2D eigenvalue weighted by atomic mass is 16.7. The maximum Gasteiger partial charge on any atom is 0.293 e. The molecular formula is C18H25N3O5. The zero-order valence-electron chi connectivity index (χ0n) is 15.2. The Bertz CT molecular complexity index is 677. The Morgan fingerprint density at radius 2 is 2.00 bits per heavy atom. The van der Waals surface area contributed by atoms with Crippen molar-refractivity contribution < 1.29 is 19.2 Å². The van der Waals surface area contributed by atoms with Gasteiger partial charge in [-0.25, -0.2) is 0 Å². The number of ether oxygens (including phenoxy) is 2. The van der Waals surface area contributed by atoms with Crippen LogP contribution in [0.4, 0.5) is 11.4 Å². The van der Waals surface area contributed by atoms with Crippen molar-refractivity contribution in [1.29, 1.82) is 0 Å². The molecule has 0 aliphatic carbocycles. The van der Waals surface area contributed by atoms with Crippen LogP contribution in [0.2, 0.25) is 0 Å². The molecule has 2 aliphatic rings. The summed E-state index contributed by atoms with van der Waals surface area (Å²) in [6.07, 6.45) is 2.13. The molecule has 1 aromatic carbocycles. The van der Waals surface area contributed by atoms with Gasteiger partial charge in [0.2, 0.25) is 0 Å². The van der Waals surface area contributed by atoms with Crippen LogP contribution < -0.4 is 10.2 Å². The standard InChI is InChI=1S/C18H25N3O5/c1-3-13(2)19-17(22)14-4-5-15(16(12-14)21(23)24)20-8-6-18(7-9-20)25-10-11-26-18/h4-5,12-13H,3,6-11H2,1-2H3,(H,19,22)/t13-/m0/s1. The fourth-order valence-corrected chi connectivity index (χ4v) is 3.36. The second-order valence-electron chi connectivity index (χ2n) is 6.84. The number of piperidine rings is 1. The minimum Gasteiger partial charge on any atom is -0.366 e. The molecule has 0 radical (unpaired) electrons. The molecule has 1 N–H and O–H groups in total. The number of amides is 1. The maximum absolute atomic E-state index is 12.3. The quantitative estimate of drug-likeness (QED) is 0.638. The lowest BCUT2D eigenvalue weighted by atomic mass is 10.0. The largest absolute Gasteiger partial charge is 0.366 e. The molecule has 0 aromatic heterocycles. The summed E-state index contributed by atoms with van der Waals surface area (Å²) in [6.45, 7) is 6.29. The summed E-state index contributed by atoms with van der Waals surface area (Å²) < 4.78 is 11.4. The Hall–Kier alpha value is -2.19. The normalized spacial score (nSPS) is 20.2. The first kappa shape index (κ1) is 18.6. The molecule has 142 valence electrons. The number of hydrogen-bond acceptors (Lipinski definition) is 6. The van der Waals surface area contributed by atoms with Gasteiger partial charge in [0.05, 0.1) is 18.1 Å². The molecule has 0 bridgehead atoms. The molecule has 2 fully saturated rings. The van der Waals surface area contributed by atoms with Crippen molar-refractivity contribution >= 4 is 17.3 Å². The summed E-state index contributed by atoms with van der Waals surface area (Å²) in [6, 6.07) is 4.69. The third kappa shape index (κ3) is 3.81. The number of nitrogens with zero attached hydrogens (tertiary/aromatic N) is 2. The van der Waals surface area contributed by atoms with Gasteiger partial charge in [0.25, 0.3) is 11.6 Å². The molecule has 2 aliphatic heterocycles. The lowest BCUT2D eigenvalue weighted by Gasteiger charge is -2.38. The summed E-state index contributed by atoms with van der Waals surface area (Å²) in [5, 5.41) is 14.4. The Balaban J connectivity index is 1.77. The highest BCUT2D eigenvalue weighted by Crippen LogP contribution is 2.36. The minimum atomic E-state index is -0.526. The first-order valence-electron chi connectivity index (χ1n) is 9.06. The molecule has 1 amide bonds. The average Bonchev–Trinajstić information content (AvgIpc) is 3.09. The molecule has 3 rings (SSSR count). The number of rotatable bonds is 5. The minimum absolute atomic E-state index is 0.0194. The third-order valence-electron chi connectivity index (χ3n) is 5.10. The van der Waals surface area contributed by atoms with Gasteiger partial charge in [0, 0.05) is 43.6 Å². The highest BCUT2D eigenvalue weighted by molar-refractivity contribution is 5.96. The van der Waals surface area contributed by atoms with Crippen LogP contribution in [-0.2, 0) is 9.47 Å². The predicted octanol–water partition coefficient (Wildman–Crippen LogP) is 2.47. The van der Waals surface area contributed by atoms with Crippen molar-refractivity contribution in [2.24, 2.45) is 0 Å². The number of benzene rings is 1. The van der Waals surface area contributed by atoms with Gasteiger partial charge in [-0.3, -0.25) is 14.9 Å². The lowest BCUT2D eigenvalue weighted by Crippen LogP contribution is -2.45. The smallest absolute Gasteiger partial charge is 0.293 e. The van der Waals surface area contributed by atoms with Gasteiger partial charge in [-0.05, 0) is 25.5 Å². The summed E-state index contributed by atoms with van der Waals surface area (Å²) in [5.41, 5.74) is 0.783. The van der Waals surface area contributed by atoms with Crippen molar-refractivity contribution in [2.75, 3.05) is 31.2 Å². The Morgan fingerprint density at radius 3 is 2.58 bits per heavy atom. The molecular weight excluding hydrogens is 338 g/mol. The molecule has 1 aromatic rings. The topological polar surface area (TPSA) is 93.9 Å². The van der Waals surface area contributed by atoms with E-state index in [1.165, 1.54) is 6.07 Å². The number of anilines is 1. The summed E-state index contributed by atoms with van der Waals surface area (Å²) >= 11 is 0. The first-order chi connectivity index (χ1) is 12.4. The highest BCUT2D eigenvalue weighted by Gasteiger charge is 2.40. The van der Waals surface area contributed by atoms with E-state index >= 15 is 0 Å². The lowest BCUT2D eigenvalue weighted by molar-refractivity contribution is -0.384. The number of hydrogen-bond donors (Lipinski definition) is 1. The van der Waals surface area contributed by atoms with Gasteiger partial charge >= 0.3 is 0 Å². The first-order valence-corrected chi connectivity index (χ1v) is 9.06. The third-order valence-corrected chi connectivity index (χ3v) is 5.10. The number of nitro benzene ring substituents is 1. The van der Waals surface area contributed by atoms with Crippen molar-refractivity contribution in [3.05, 3.63) is 33.9 Å². The molecule has 1 spiro atoms. The molecule has 8 heteroatoms. The average molecular weight is 363 g/mol. The van der Waals surface area contributed by atoms with Gasteiger partial charge < -0.3 is 19.7 Å². The number of nitro groups is 1. The molecule has 26 heavy (non-hydrogen) atoms. The number of carbonyl (C=O) groups excluding carboxylic acids is 1. The van der Waals surface area contributed by atoms with Crippen LogP contribution in [-0.4, -0.2) is 49.0 Å². The van der Waals surface area contributed by atoms with E-state index in [0.29, 0.717) is 50.4 Å². The van der Waals surface area contributed by atoms with E-state index in [0.717, 1.165) is 6.42 Å².